The normalized spacial score (nSPS) is 12.2. The van der Waals surface area contributed by atoms with Gasteiger partial charge in [-0.05, 0) is 31.9 Å². The molecule has 1 aromatic rings. The number of benzene rings is 1. The third-order valence-corrected chi connectivity index (χ3v) is 2.87. The number of nitrogen functional groups attached to an aromatic ring is 1. The van der Waals surface area contributed by atoms with Gasteiger partial charge in [0.2, 0.25) is 0 Å². The Balaban J connectivity index is 2.67. The second kappa shape index (κ2) is 6.47. The molecule has 1 amide bonds. The van der Waals surface area contributed by atoms with Gasteiger partial charge < -0.3 is 16.2 Å². The zero-order valence-corrected chi connectivity index (χ0v) is 10.5. The van der Waals surface area contributed by atoms with Crippen molar-refractivity contribution in [2.45, 2.75) is 25.8 Å². The van der Waals surface area contributed by atoms with Gasteiger partial charge in [0.1, 0.15) is 0 Å². The Bertz CT molecular complexity index is 396. The summed E-state index contributed by atoms with van der Waals surface area (Å²) in [6, 6.07) is 4.96. The van der Waals surface area contributed by atoms with Crippen molar-refractivity contribution in [3.05, 3.63) is 28.8 Å². The quantitative estimate of drug-likeness (QED) is 0.704. The maximum absolute atomic E-state index is 11.9. The van der Waals surface area contributed by atoms with Gasteiger partial charge in [0.25, 0.3) is 5.91 Å². The Kier molecular flexibility index (Phi) is 5.25. The molecule has 0 aliphatic heterocycles. The van der Waals surface area contributed by atoms with Gasteiger partial charge in [0.15, 0.2) is 0 Å². The molecule has 0 aliphatic carbocycles. The van der Waals surface area contributed by atoms with E-state index in [9.17, 15) is 4.79 Å². The maximum Gasteiger partial charge on any atom is 0.253 e. The maximum atomic E-state index is 11.9. The van der Waals surface area contributed by atoms with Crippen molar-refractivity contribution in [3.63, 3.8) is 0 Å². The Morgan fingerprint density at radius 3 is 2.94 bits per heavy atom. The minimum Gasteiger partial charge on any atom is -0.398 e. The first-order valence-electron chi connectivity index (χ1n) is 5.52. The molecule has 0 heterocycles. The summed E-state index contributed by atoms with van der Waals surface area (Å²) >= 11 is 5.95. The molecule has 4 nitrogen and oxygen atoms in total. The van der Waals surface area contributed by atoms with Crippen molar-refractivity contribution < 1.29 is 9.90 Å². The fraction of sp³-hybridized carbons (Fsp3) is 0.417. The van der Waals surface area contributed by atoms with Gasteiger partial charge in [-0.1, -0.05) is 17.7 Å². The molecule has 17 heavy (non-hydrogen) atoms. The Labute approximate surface area is 106 Å². The van der Waals surface area contributed by atoms with Gasteiger partial charge >= 0.3 is 0 Å². The molecule has 1 aromatic carbocycles. The fourth-order valence-corrected chi connectivity index (χ4v) is 1.71. The molecule has 5 heteroatoms. The smallest absolute Gasteiger partial charge is 0.253 e. The standard InChI is InChI=1S/C12H17ClN2O2/c1-8(4-3-7-16)15-12(17)9-5-2-6-10(14)11(9)13/h2,5-6,8,16H,3-4,7,14H2,1H3,(H,15,17). The average molecular weight is 257 g/mol. The number of anilines is 1. The molecule has 0 radical (unpaired) electrons. The van der Waals surface area contributed by atoms with Crippen LogP contribution in [0.2, 0.25) is 5.02 Å². The van der Waals surface area contributed by atoms with Gasteiger partial charge in [-0.3, -0.25) is 4.79 Å². The lowest BCUT2D eigenvalue weighted by atomic mass is 10.1. The molecule has 0 spiro atoms. The van der Waals surface area contributed by atoms with Gasteiger partial charge in [-0.25, -0.2) is 0 Å². The molecule has 0 saturated heterocycles. The highest BCUT2D eigenvalue weighted by atomic mass is 35.5. The minimum atomic E-state index is -0.243. The lowest BCUT2D eigenvalue weighted by Gasteiger charge is -2.14. The third kappa shape index (κ3) is 3.91. The lowest BCUT2D eigenvalue weighted by Crippen LogP contribution is -2.32. The summed E-state index contributed by atoms with van der Waals surface area (Å²) in [5, 5.41) is 11.8. The highest BCUT2D eigenvalue weighted by molar-refractivity contribution is 6.36. The molecule has 1 atom stereocenters. The monoisotopic (exact) mass is 256 g/mol. The summed E-state index contributed by atoms with van der Waals surface area (Å²) in [5.74, 6) is -0.243. The molecule has 4 N–H and O–H groups in total. The van der Waals surface area contributed by atoms with Gasteiger partial charge in [-0.15, -0.1) is 0 Å². The summed E-state index contributed by atoms with van der Waals surface area (Å²) in [6.07, 6.45) is 1.38. The number of halogens is 1. The predicted molar refractivity (Wildman–Crippen MR) is 69.1 cm³/mol. The van der Waals surface area contributed by atoms with Crippen LogP contribution in [-0.4, -0.2) is 23.7 Å². The topological polar surface area (TPSA) is 75.3 Å². The molecule has 94 valence electrons. The van der Waals surface area contributed by atoms with E-state index in [0.29, 0.717) is 17.7 Å². The van der Waals surface area contributed by atoms with Gasteiger partial charge in [-0.2, -0.15) is 0 Å². The van der Waals surface area contributed by atoms with Crippen LogP contribution in [0.1, 0.15) is 30.1 Å². The molecule has 1 rings (SSSR count). The van der Waals surface area contributed by atoms with E-state index in [4.69, 9.17) is 22.4 Å². The van der Waals surface area contributed by atoms with E-state index in [2.05, 4.69) is 5.32 Å². The van der Waals surface area contributed by atoms with Crippen molar-refractivity contribution in [1.29, 1.82) is 0 Å². The second-order valence-electron chi connectivity index (χ2n) is 3.95. The zero-order chi connectivity index (χ0) is 12.8. The van der Waals surface area contributed by atoms with Crippen LogP contribution in [0, 0.1) is 0 Å². The van der Waals surface area contributed by atoms with Crippen LogP contribution in [0.15, 0.2) is 18.2 Å². The largest absolute Gasteiger partial charge is 0.398 e. The summed E-state index contributed by atoms with van der Waals surface area (Å²) in [6.45, 7) is 2.01. The number of rotatable bonds is 5. The lowest BCUT2D eigenvalue weighted by molar-refractivity contribution is 0.0936. The second-order valence-corrected chi connectivity index (χ2v) is 4.33. The number of carbonyl (C=O) groups excluding carboxylic acids is 1. The van der Waals surface area contributed by atoms with Crippen molar-refractivity contribution >= 4 is 23.2 Å². The van der Waals surface area contributed by atoms with Crippen LogP contribution >= 0.6 is 11.6 Å². The molecule has 0 saturated carbocycles. The van der Waals surface area contributed by atoms with E-state index in [1.165, 1.54) is 0 Å². The number of aliphatic hydroxyl groups excluding tert-OH is 1. The predicted octanol–water partition coefficient (Wildman–Crippen LogP) is 1.81. The number of nitrogens with two attached hydrogens (primary N) is 1. The number of hydrogen-bond donors (Lipinski definition) is 3. The summed E-state index contributed by atoms with van der Waals surface area (Å²) in [4.78, 5) is 11.9. The molecular formula is C12H17ClN2O2. The van der Waals surface area contributed by atoms with Crippen LogP contribution in [0.3, 0.4) is 0 Å². The first-order chi connectivity index (χ1) is 8.06. The zero-order valence-electron chi connectivity index (χ0n) is 9.74. The molecule has 0 bridgehead atoms. The van der Waals surface area contributed by atoms with Crippen molar-refractivity contribution in [2.24, 2.45) is 0 Å². The van der Waals surface area contributed by atoms with Crippen LogP contribution < -0.4 is 11.1 Å². The molecular weight excluding hydrogens is 240 g/mol. The highest BCUT2D eigenvalue weighted by Gasteiger charge is 2.14. The number of hydrogen-bond acceptors (Lipinski definition) is 3. The summed E-state index contributed by atoms with van der Waals surface area (Å²) in [7, 11) is 0. The van der Waals surface area contributed by atoms with Crippen LogP contribution in [-0.2, 0) is 0 Å². The summed E-state index contributed by atoms with van der Waals surface area (Å²) < 4.78 is 0. The van der Waals surface area contributed by atoms with E-state index >= 15 is 0 Å². The summed E-state index contributed by atoms with van der Waals surface area (Å²) in [5.41, 5.74) is 6.39. The van der Waals surface area contributed by atoms with Crippen LogP contribution in [0.4, 0.5) is 5.69 Å². The van der Waals surface area contributed by atoms with E-state index < -0.39 is 0 Å². The SMILES string of the molecule is CC(CCCO)NC(=O)c1cccc(N)c1Cl. The average Bonchev–Trinajstić information content (AvgIpc) is 2.29. The van der Waals surface area contributed by atoms with E-state index in [1.807, 2.05) is 6.92 Å². The van der Waals surface area contributed by atoms with Gasteiger partial charge in [0, 0.05) is 12.6 Å². The van der Waals surface area contributed by atoms with Gasteiger partial charge in [0.05, 0.1) is 16.3 Å². The number of carbonyl (C=O) groups is 1. The molecule has 0 aliphatic rings. The Morgan fingerprint density at radius 2 is 2.29 bits per heavy atom. The minimum absolute atomic E-state index is 0.00727. The van der Waals surface area contributed by atoms with E-state index in [1.54, 1.807) is 18.2 Å². The highest BCUT2D eigenvalue weighted by Crippen LogP contribution is 2.22. The van der Waals surface area contributed by atoms with E-state index in [0.717, 1.165) is 6.42 Å². The first kappa shape index (κ1) is 13.8. The number of aliphatic hydroxyl groups is 1. The van der Waals surface area contributed by atoms with E-state index in [-0.39, 0.29) is 23.6 Å². The van der Waals surface area contributed by atoms with Crippen molar-refractivity contribution in [1.82, 2.24) is 5.32 Å². The van der Waals surface area contributed by atoms with Crippen molar-refractivity contribution in [2.75, 3.05) is 12.3 Å². The Morgan fingerprint density at radius 1 is 1.59 bits per heavy atom. The Hall–Kier alpha value is -1.26. The first-order valence-corrected chi connectivity index (χ1v) is 5.89. The fourth-order valence-electron chi connectivity index (χ4n) is 1.50. The molecule has 0 aromatic heterocycles. The third-order valence-electron chi connectivity index (χ3n) is 2.45. The number of amides is 1. The van der Waals surface area contributed by atoms with Crippen LogP contribution in [0.5, 0.6) is 0 Å². The van der Waals surface area contributed by atoms with Crippen molar-refractivity contribution in [3.8, 4) is 0 Å². The molecule has 1 unspecified atom stereocenters. The number of nitrogens with one attached hydrogen (secondary N) is 1. The van der Waals surface area contributed by atoms with Crippen LogP contribution in [0.25, 0.3) is 0 Å². The molecule has 0 fully saturated rings.